The Bertz CT molecular complexity index is 860. The first-order valence-electron chi connectivity index (χ1n) is 9.69. The lowest BCUT2D eigenvalue weighted by Gasteiger charge is -2.41. The van der Waals surface area contributed by atoms with Gasteiger partial charge in [-0.25, -0.2) is 4.79 Å². The van der Waals surface area contributed by atoms with E-state index >= 15 is 0 Å². The Labute approximate surface area is 162 Å². The average molecular weight is 364 g/mol. The number of nitrogens with zero attached hydrogens (tertiary/aromatic N) is 1. The van der Waals surface area contributed by atoms with E-state index in [0.717, 1.165) is 11.3 Å². The number of fused-ring (bicyclic) bond motifs is 1. The highest BCUT2D eigenvalue weighted by molar-refractivity contribution is 5.91. The smallest absolute Gasteiger partial charge is 0.338 e. The number of carbonyl (C=O) groups excluding carboxylic acids is 1. The summed E-state index contributed by atoms with van der Waals surface area (Å²) in [5.74, 6) is -0.291. The minimum Gasteiger partial charge on any atom is -0.462 e. The van der Waals surface area contributed by atoms with Crippen molar-refractivity contribution >= 4 is 17.9 Å². The summed E-state index contributed by atoms with van der Waals surface area (Å²) in [6.45, 7) is 11.5. The van der Waals surface area contributed by atoms with Crippen molar-refractivity contribution in [2.75, 3.05) is 6.61 Å². The molecule has 0 amide bonds. The summed E-state index contributed by atoms with van der Waals surface area (Å²) >= 11 is 0. The van der Waals surface area contributed by atoms with Gasteiger partial charge in [0.15, 0.2) is 0 Å². The van der Waals surface area contributed by atoms with E-state index in [1.54, 1.807) is 19.1 Å². The van der Waals surface area contributed by atoms with Crippen molar-refractivity contribution < 1.29 is 9.53 Å². The van der Waals surface area contributed by atoms with Crippen molar-refractivity contribution in [1.82, 2.24) is 0 Å². The highest BCUT2D eigenvalue weighted by atomic mass is 16.5. The van der Waals surface area contributed by atoms with Crippen LogP contribution in [0.15, 0.2) is 47.5 Å². The van der Waals surface area contributed by atoms with E-state index in [0.29, 0.717) is 12.2 Å². The molecule has 27 heavy (non-hydrogen) atoms. The summed E-state index contributed by atoms with van der Waals surface area (Å²) in [5, 5.41) is 0. The van der Waals surface area contributed by atoms with E-state index in [2.05, 4.69) is 50.9 Å². The van der Waals surface area contributed by atoms with Crippen molar-refractivity contribution in [3.8, 4) is 0 Å². The zero-order valence-corrected chi connectivity index (χ0v) is 17.0. The van der Waals surface area contributed by atoms with E-state index < -0.39 is 0 Å². The molecule has 0 radical (unpaired) electrons. The number of benzene rings is 2. The molecule has 0 atom stereocenters. The van der Waals surface area contributed by atoms with Crippen LogP contribution in [0, 0.1) is 0 Å². The molecule has 0 bridgehead atoms. The van der Waals surface area contributed by atoms with Crippen LogP contribution >= 0.6 is 0 Å². The Morgan fingerprint density at radius 3 is 2.26 bits per heavy atom. The predicted octanol–water partition coefficient (Wildman–Crippen LogP) is 5.96. The van der Waals surface area contributed by atoms with E-state index in [1.807, 2.05) is 18.3 Å². The molecule has 0 aliphatic heterocycles. The maximum Gasteiger partial charge on any atom is 0.338 e. The molecule has 1 aliphatic rings. The number of ether oxygens (including phenoxy) is 1. The quantitative estimate of drug-likeness (QED) is 0.496. The molecule has 3 heteroatoms. The maximum absolute atomic E-state index is 11.7. The minimum absolute atomic E-state index is 0.178. The van der Waals surface area contributed by atoms with Crippen molar-refractivity contribution in [3.63, 3.8) is 0 Å². The summed E-state index contributed by atoms with van der Waals surface area (Å²) < 4.78 is 5.01. The zero-order chi connectivity index (χ0) is 19.7. The second-order valence-corrected chi connectivity index (χ2v) is 8.60. The van der Waals surface area contributed by atoms with Crippen molar-refractivity contribution in [3.05, 3.63) is 64.7 Å². The van der Waals surface area contributed by atoms with E-state index in [4.69, 9.17) is 4.74 Å². The average Bonchev–Trinajstić information content (AvgIpc) is 2.64. The fourth-order valence-corrected chi connectivity index (χ4v) is 3.73. The minimum atomic E-state index is -0.291. The largest absolute Gasteiger partial charge is 0.462 e. The third kappa shape index (κ3) is 4.13. The fourth-order valence-electron chi connectivity index (χ4n) is 3.73. The third-order valence-electron chi connectivity index (χ3n) is 5.62. The lowest BCUT2D eigenvalue weighted by Crippen LogP contribution is -2.33. The van der Waals surface area contributed by atoms with Crippen molar-refractivity contribution in [1.29, 1.82) is 0 Å². The van der Waals surface area contributed by atoms with Gasteiger partial charge in [0, 0.05) is 6.21 Å². The van der Waals surface area contributed by atoms with Crippen LogP contribution in [0.5, 0.6) is 0 Å². The Hall–Kier alpha value is -2.42. The Balaban J connectivity index is 1.83. The second kappa shape index (κ2) is 7.30. The predicted molar refractivity (Wildman–Crippen MR) is 111 cm³/mol. The molecule has 0 aromatic heterocycles. The molecule has 0 unspecified atom stereocenters. The summed E-state index contributed by atoms with van der Waals surface area (Å²) in [4.78, 5) is 16.4. The van der Waals surface area contributed by atoms with Gasteiger partial charge in [0.2, 0.25) is 0 Å². The number of aliphatic imine (C=N–C) groups is 1. The molecular weight excluding hydrogens is 334 g/mol. The van der Waals surface area contributed by atoms with Gasteiger partial charge in [-0.1, -0.05) is 45.9 Å². The molecule has 3 nitrogen and oxygen atoms in total. The van der Waals surface area contributed by atoms with Crippen LogP contribution in [0.3, 0.4) is 0 Å². The second-order valence-electron chi connectivity index (χ2n) is 8.60. The van der Waals surface area contributed by atoms with Crippen molar-refractivity contribution in [2.45, 2.75) is 58.3 Å². The Kier molecular flexibility index (Phi) is 5.23. The summed E-state index contributed by atoms with van der Waals surface area (Å²) in [6, 6.07) is 13.9. The van der Waals surface area contributed by atoms with Crippen LogP contribution in [0.1, 0.15) is 74.5 Å². The number of hydrogen-bond donors (Lipinski definition) is 0. The molecule has 0 fully saturated rings. The van der Waals surface area contributed by atoms with Gasteiger partial charge in [0.05, 0.1) is 17.9 Å². The van der Waals surface area contributed by atoms with Gasteiger partial charge in [0.1, 0.15) is 0 Å². The van der Waals surface area contributed by atoms with E-state index in [9.17, 15) is 4.79 Å². The van der Waals surface area contributed by atoms with Crippen molar-refractivity contribution in [2.24, 2.45) is 4.99 Å². The Morgan fingerprint density at radius 2 is 1.63 bits per heavy atom. The first kappa shape index (κ1) is 19.3. The lowest BCUT2D eigenvalue weighted by molar-refractivity contribution is 0.0526. The first-order chi connectivity index (χ1) is 12.7. The molecule has 2 aromatic rings. The molecule has 142 valence electrons. The summed E-state index contributed by atoms with van der Waals surface area (Å²) in [5.41, 5.74) is 5.73. The van der Waals surface area contributed by atoms with Gasteiger partial charge in [-0.05, 0) is 71.6 Å². The molecule has 2 aromatic carbocycles. The van der Waals surface area contributed by atoms with Crippen LogP contribution in [0.25, 0.3) is 0 Å². The van der Waals surface area contributed by atoms with Crippen LogP contribution < -0.4 is 0 Å². The van der Waals surface area contributed by atoms with Gasteiger partial charge in [-0.3, -0.25) is 4.99 Å². The SMILES string of the molecule is CCOC(=O)c1ccc(C=Nc2ccc3c(c2)C(C)(C)CCC3(C)C)cc1. The van der Waals surface area contributed by atoms with Crippen LogP contribution in [-0.2, 0) is 15.6 Å². The molecule has 0 spiro atoms. The van der Waals surface area contributed by atoms with Gasteiger partial charge >= 0.3 is 5.97 Å². The van der Waals surface area contributed by atoms with Gasteiger partial charge < -0.3 is 4.74 Å². The highest BCUT2D eigenvalue weighted by Gasteiger charge is 2.36. The molecule has 0 saturated heterocycles. The number of rotatable bonds is 4. The van der Waals surface area contributed by atoms with Gasteiger partial charge in [-0.2, -0.15) is 0 Å². The number of carbonyl (C=O) groups is 1. The topological polar surface area (TPSA) is 38.7 Å². The standard InChI is InChI=1S/C24H29NO2/c1-6-27-22(26)18-9-7-17(8-10-18)16-25-19-11-12-20-21(15-19)24(4,5)14-13-23(20,2)3/h7-12,15-16H,6,13-14H2,1-5H3. The van der Waals surface area contributed by atoms with Crippen LogP contribution in [0.4, 0.5) is 5.69 Å². The van der Waals surface area contributed by atoms with Crippen LogP contribution in [-0.4, -0.2) is 18.8 Å². The van der Waals surface area contributed by atoms with E-state index in [1.165, 1.54) is 24.0 Å². The molecule has 3 rings (SSSR count). The maximum atomic E-state index is 11.7. The molecular formula is C24H29NO2. The monoisotopic (exact) mass is 363 g/mol. The molecule has 1 aliphatic carbocycles. The highest BCUT2D eigenvalue weighted by Crippen LogP contribution is 2.46. The van der Waals surface area contributed by atoms with Gasteiger partial charge in [-0.15, -0.1) is 0 Å². The normalized spacial score (nSPS) is 17.5. The lowest BCUT2D eigenvalue weighted by atomic mass is 9.63. The molecule has 0 saturated carbocycles. The third-order valence-corrected chi connectivity index (χ3v) is 5.62. The molecule has 0 N–H and O–H groups in total. The Morgan fingerprint density at radius 1 is 1.00 bits per heavy atom. The zero-order valence-electron chi connectivity index (χ0n) is 17.0. The molecule has 0 heterocycles. The van der Waals surface area contributed by atoms with Gasteiger partial charge in [0.25, 0.3) is 0 Å². The first-order valence-corrected chi connectivity index (χ1v) is 9.69. The number of hydrogen-bond acceptors (Lipinski definition) is 3. The summed E-state index contributed by atoms with van der Waals surface area (Å²) in [6.07, 6.45) is 4.25. The van der Waals surface area contributed by atoms with E-state index in [-0.39, 0.29) is 16.8 Å². The fraction of sp³-hybridized carbons (Fsp3) is 0.417. The number of esters is 1. The van der Waals surface area contributed by atoms with Crippen LogP contribution in [0.2, 0.25) is 0 Å². The summed E-state index contributed by atoms with van der Waals surface area (Å²) in [7, 11) is 0.